The molecule has 34 heavy (non-hydrogen) atoms. The summed E-state index contributed by atoms with van der Waals surface area (Å²) in [5.74, 6) is -1.13. The van der Waals surface area contributed by atoms with Gasteiger partial charge in [-0.05, 0) is 70.8 Å². The number of anilines is 1. The van der Waals surface area contributed by atoms with E-state index in [1.165, 1.54) is 18.2 Å². The molecule has 182 valence electrons. The van der Waals surface area contributed by atoms with Gasteiger partial charge in [0.15, 0.2) is 0 Å². The van der Waals surface area contributed by atoms with Gasteiger partial charge >= 0.3 is 0 Å². The van der Waals surface area contributed by atoms with Gasteiger partial charge in [0.2, 0.25) is 0 Å². The number of carbonyl (C=O) groups excluding carboxylic acids is 1. The zero-order valence-electron chi connectivity index (χ0n) is 19.6. The summed E-state index contributed by atoms with van der Waals surface area (Å²) in [4.78, 5) is 25.3. The lowest BCUT2D eigenvalue weighted by molar-refractivity contribution is 0.102. The summed E-state index contributed by atoms with van der Waals surface area (Å²) in [6.45, 7) is 7.93. The molecule has 4 rings (SSSR count). The third kappa shape index (κ3) is 3.62. The van der Waals surface area contributed by atoms with E-state index in [2.05, 4.69) is 20.6 Å². The summed E-state index contributed by atoms with van der Waals surface area (Å²) in [6.07, 6.45) is 2.32. The van der Waals surface area contributed by atoms with Crippen LogP contribution in [0.5, 0.6) is 0 Å². The molecule has 1 amide bonds. The van der Waals surface area contributed by atoms with Crippen molar-refractivity contribution in [2.75, 3.05) is 11.9 Å². The maximum absolute atomic E-state index is 15.3. The largest absolute Gasteiger partial charge is 0.386 e. The highest BCUT2D eigenvalue weighted by atomic mass is 32.2. The van der Waals surface area contributed by atoms with Crippen LogP contribution in [0.15, 0.2) is 29.4 Å². The van der Waals surface area contributed by atoms with Crippen LogP contribution >= 0.6 is 10.5 Å². The smallest absolute Gasteiger partial charge is 0.275 e. The fourth-order valence-corrected chi connectivity index (χ4v) is 7.50. The predicted molar refractivity (Wildman–Crippen MR) is 132 cm³/mol. The Kier molecular flexibility index (Phi) is 6.07. The number of pyridine rings is 2. The molecule has 3 atom stereocenters. The van der Waals surface area contributed by atoms with Crippen LogP contribution in [0.2, 0.25) is 0 Å². The van der Waals surface area contributed by atoms with Gasteiger partial charge in [-0.2, -0.15) is 0 Å². The zero-order valence-corrected chi connectivity index (χ0v) is 20.4. The van der Waals surface area contributed by atoms with Crippen molar-refractivity contribution in [3.05, 3.63) is 53.0 Å². The minimum Gasteiger partial charge on any atom is -0.386 e. The summed E-state index contributed by atoms with van der Waals surface area (Å²) in [7, 11) is -0.373. The SMILES string of the molecule is Cc1cc(F)cnc1C(=O)Nc1ccc(F)c([C@@]2(C)N=C(N)C(C)(C)S3=CN[C@]32CCCN)n1. The minimum absolute atomic E-state index is 0.0539. The Bertz CT molecular complexity index is 1230. The highest BCUT2D eigenvalue weighted by molar-refractivity contribution is 8.19. The molecule has 11 heteroatoms. The first kappa shape index (κ1) is 24.4. The number of rotatable bonds is 6. The van der Waals surface area contributed by atoms with Gasteiger partial charge in [-0.3, -0.25) is 15.1 Å². The Hall–Kier alpha value is -2.76. The minimum atomic E-state index is -1.14. The molecule has 8 nitrogen and oxygen atoms in total. The number of aromatic nitrogens is 2. The highest BCUT2D eigenvalue weighted by Crippen LogP contribution is 2.61. The van der Waals surface area contributed by atoms with E-state index in [4.69, 9.17) is 16.5 Å². The molecule has 1 unspecified atom stereocenters. The second kappa shape index (κ2) is 8.47. The number of nitrogens with two attached hydrogens (primary N) is 2. The second-order valence-electron chi connectivity index (χ2n) is 9.20. The van der Waals surface area contributed by atoms with Crippen molar-refractivity contribution in [2.45, 2.75) is 55.7 Å². The van der Waals surface area contributed by atoms with Crippen molar-refractivity contribution in [3.63, 3.8) is 0 Å². The topological polar surface area (TPSA) is 131 Å². The number of nitrogens with zero attached hydrogens (tertiary/aromatic N) is 3. The number of halogens is 2. The van der Waals surface area contributed by atoms with E-state index in [0.29, 0.717) is 30.8 Å². The van der Waals surface area contributed by atoms with Crippen LogP contribution in [0.3, 0.4) is 0 Å². The maximum Gasteiger partial charge on any atom is 0.275 e. The molecular weight excluding hydrogens is 460 g/mol. The van der Waals surface area contributed by atoms with Crippen molar-refractivity contribution in [1.29, 1.82) is 0 Å². The van der Waals surface area contributed by atoms with Crippen molar-refractivity contribution in [3.8, 4) is 0 Å². The summed E-state index contributed by atoms with van der Waals surface area (Å²) >= 11 is 0. The first-order valence-corrected chi connectivity index (χ1v) is 12.3. The zero-order chi connectivity index (χ0) is 24.9. The number of amidine groups is 1. The number of amides is 1. The van der Waals surface area contributed by atoms with E-state index in [1.54, 1.807) is 6.92 Å². The lowest BCUT2D eigenvalue weighted by Crippen LogP contribution is -2.70. The fourth-order valence-electron chi connectivity index (χ4n) is 4.60. The van der Waals surface area contributed by atoms with Gasteiger partial charge in [-0.15, -0.1) is 10.5 Å². The van der Waals surface area contributed by atoms with Crippen molar-refractivity contribution in [2.24, 2.45) is 16.5 Å². The Morgan fingerprint density at radius 2 is 2.00 bits per heavy atom. The molecule has 2 aliphatic rings. The van der Waals surface area contributed by atoms with E-state index < -0.39 is 32.7 Å². The van der Waals surface area contributed by atoms with E-state index in [-0.39, 0.29) is 27.7 Å². The van der Waals surface area contributed by atoms with E-state index in [1.807, 2.05) is 26.3 Å². The number of hydrogen-bond acceptors (Lipinski definition) is 7. The Balaban J connectivity index is 1.77. The molecule has 0 fully saturated rings. The Labute approximate surface area is 199 Å². The predicted octanol–water partition coefficient (Wildman–Crippen LogP) is 2.75. The lowest BCUT2D eigenvalue weighted by atomic mass is 9.83. The first-order valence-electron chi connectivity index (χ1n) is 11.0. The second-order valence-corrected chi connectivity index (χ2v) is 11.8. The Morgan fingerprint density at radius 1 is 1.26 bits per heavy atom. The molecule has 0 saturated heterocycles. The molecule has 2 aromatic heterocycles. The van der Waals surface area contributed by atoms with Gasteiger partial charge in [0.25, 0.3) is 5.91 Å². The summed E-state index contributed by atoms with van der Waals surface area (Å²) in [6, 6.07) is 3.83. The average molecular weight is 490 g/mol. The van der Waals surface area contributed by atoms with Gasteiger partial charge in [0.05, 0.1) is 15.8 Å². The first-order chi connectivity index (χ1) is 16.0. The lowest BCUT2D eigenvalue weighted by Gasteiger charge is -2.60. The maximum atomic E-state index is 15.3. The molecule has 0 radical (unpaired) electrons. The molecule has 2 aliphatic heterocycles. The van der Waals surface area contributed by atoms with Gasteiger partial charge < -0.3 is 16.8 Å². The van der Waals surface area contributed by atoms with Crippen LogP contribution in [0.25, 0.3) is 0 Å². The summed E-state index contributed by atoms with van der Waals surface area (Å²) in [5, 5.41) is 6.06. The van der Waals surface area contributed by atoms with Gasteiger partial charge in [-0.1, -0.05) is 0 Å². The summed E-state index contributed by atoms with van der Waals surface area (Å²) in [5.41, 5.74) is 13.6. The molecule has 0 spiro atoms. The van der Waals surface area contributed by atoms with E-state index in [0.717, 1.165) is 6.20 Å². The number of aryl methyl sites for hydroxylation is 1. The number of hydrogen-bond donors (Lipinski definition) is 4. The molecule has 2 aromatic rings. The van der Waals surface area contributed by atoms with Crippen molar-refractivity contribution in [1.82, 2.24) is 15.3 Å². The summed E-state index contributed by atoms with van der Waals surface area (Å²) < 4.78 is 28.3. The van der Waals surface area contributed by atoms with Crippen LogP contribution in [-0.4, -0.2) is 43.4 Å². The number of fused-ring (bicyclic) bond motifs is 1. The van der Waals surface area contributed by atoms with Crippen molar-refractivity contribution >= 4 is 33.5 Å². The Morgan fingerprint density at radius 3 is 2.62 bits per heavy atom. The fraction of sp³-hybridized carbons (Fsp3) is 0.435. The van der Waals surface area contributed by atoms with Crippen LogP contribution < -0.4 is 22.1 Å². The molecular formula is C23H29F2N7OS. The third-order valence-corrected chi connectivity index (χ3v) is 9.76. The molecule has 6 N–H and O–H groups in total. The van der Waals surface area contributed by atoms with Gasteiger partial charge in [0.1, 0.15) is 40.2 Å². The normalized spacial score (nSPS) is 27.1. The molecule has 0 saturated carbocycles. The van der Waals surface area contributed by atoms with Crippen LogP contribution in [0, 0.1) is 18.6 Å². The monoisotopic (exact) mass is 489 g/mol. The highest BCUT2D eigenvalue weighted by Gasteiger charge is 2.63. The molecule has 0 aliphatic carbocycles. The number of carbonyl (C=O) groups is 1. The quantitative estimate of drug-likeness (QED) is 0.462. The third-order valence-electron chi connectivity index (χ3n) is 6.62. The van der Waals surface area contributed by atoms with Crippen molar-refractivity contribution < 1.29 is 13.6 Å². The number of aliphatic imine (C=N–C) groups is 1. The van der Waals surface area contributed by atoms with Gasteiger partial charge in [0, 0.05) is 5.49 Å². The molecule has 0 aromatic carbocycles. The standard InChI is InChI=1S/C23H29F2N7OS/c1-13-10-14(24)11-28-17(13)19(33)31-16-7-6-15(25)18(30-16)22(4)23(8-5-9-26)29-12-34(23)21(2,3)20(27)32-22/h6-7,10-12,29H,5,8-9,26H2,1-4H3,(H2,27,32)(H,30,31,33)/t22-,23-,34?/m1/s1. The average Bonchev–Trinajstić information content (AvgIpc) is 2.73. The van der Waals surface area contributed by atoms with Crippen LogP contribution in [0.4, 0.5) is 14.6 Å². The van der Waals surface area contributed by atoms with E-state index in [9.17, 15) is 9.18 Å². The number of nitrogens with one attached hydrogen (secondary N) is 2. The molecule has 4 heterocycles. The van der Waals surface area contributed by atoms with E-state index >= 15 is 4.39 Å². The van der Waals surface area contributed by atoms with Crippen LogP contribution in [0.1, 0.15) is 55.4 Å². The van der Waals surface area contributed by atoms with Gasteiger partial charge in [-0.25, -0.2) is 18.7 Å². The molecule has 0 bridgehead atoms. The van der Waals surface area contributed by atoms with Crippen LogP contribution in [-0.2, 0) is 5.54 Å².